The van der Waals surface area contributed by atoms with E-state index in [2.05, 4.69) is 11.0 Å². The average Bonchev–Trinajstić information content (AvgIpc) is 3.18. The molecule has 3 heterocycles. The molecule has 1 aromatic rings. The Morgan fingerprint density at radius 1 is 1.10 bits per heavy atom. The smallest absolute Gasteiger partial charge is 0.303 e. The second kappa shape index (κ2) is 15.2. The first-order chi connectivity index (χ1) is 18.8. The van der Waals surface area contributed by atoms with Crippen molar-refractivity contribution in [3.63, 3.8) is 0 Å². The fourth-order valence-electron chi connectivity index (χ4n) is 4.98. The molecule has 1 amide bonds. The van der Waals surface area contributed by atoms with E-state index in [-0.39, 0.29) is 23.5 Å². The summed E-state index contributed by atoms with van der Waals surface area (Å²) >= 11 is 6.82. The molecular weight excluding hydrogens is 536 g/mol. The van der Waals surface area contributed by atoms with Crippen LogP contribution in [0.25, 0.3) is 6.08 Å². The number of nitrogens with zero attached hydrogens (tertiary/aromatic N) is 4. The molecule has 11 heteroatoms. The number of ether oxygens (including phenoxy) is 1. The van der Waals surface area contributed by atoms with E-state index in [1.807, 2.05) is 6.92 Å². The van der Waals surface area contributed by atoms with E-state index in [4.69, 9.17) is 22.1 Å². The standard InChI is InChI=1S/C28H38N4O5S2/c1-3-31-25(30-14-16-37-17-15-30)21(20(2)22(19-29)26(31)35)18-23-27(36)32(28(38)39-23)13-11-9-7-5-4-6-8-10-12-24(33)34/h18H,3-17H2,1-2H3,(H,33,34)/b23-18-. The minimum Gasteiger partial charge on any atom is -0.481 e. The van der Waals surface area contributed by atoms with Crippen molar-refractivity contribution >= 4 is 52.1 Å². The molecule has 0 atom stereocenters. The predicted molar refractivity (Wildman–Crippen MR) is 158 cm³/mol. The number of carboxylic acid groups (broad SMARTS) is 1. The molecule has 3 rings (SSSR count). The van der Waals surface area contributed by atoms with E-state index in [0.717, 1.165) is 57.2 Å². The number of morpholine rings is 1. The summed E-state index contributed by atoms with van der Waals surface area (Å²) in [4.78, 5) is 41.3. The molecule has 0 spiro atoms. The zero-order valence-electron chi connectivity index (χ0n) is 22.9. The number of hydrogen-bond donors (Lipinski definition) is 1. The van der Waals surface area contributed by atoms with E-state index < -0.39 is 5.97 Å². The van der Waals surface area contributed by atoms with Crippen LogP contribution in [0.4, 0.5) is 5.82 Å². The Morgan fingerprint density at radius 2 is 1.72 bits per heavy atom. The molecule has 2 fully saturated rings. The molecule has 0 unspecified atom stereocenters. The molecule has 0 bridgehead atoms. The fourth-order valence-corrected chi connectivity index (χ4v) is 6.27. The minimum atomic E-state index is -0.731. The minimum absolute atomic E-state index is 0.0949. The van der Waals surface area contributed by atoms with E-state index in [1.165, 1.54) is 11.8 Å². The van der Waals surface area contributed by atoms with E-state index >= 15 is 0 Å². The monoisotopic (exact) mass is 574 g/mol. The van der Waals surface area contributed by atoms with Gasteiger partial charge in [0.05, 0.1) is 18.1 Å². The SMILES string of the molecule is CCn1c(N2CCOCC2)c(/C=C2\SC(=S)N(CCCCCCCCCCC(=O)O)C2=O)c(C)c(C#N)c1=O. The summed E-state index contributed by atoms with van der Waals surface area (Å²) in [7, 11) is 0. The van der Waals surface area contributed by atoms with Crippen LogP contribution in [0.15, 0.2) is 9.70 Å². The van der Waals surface area contributed by atoms with Crippen LogP contribution in [0.2, 0.25) is 0 Å². The van der Waals surface area contributed by atoms with Gasteiger partial charge < -0.3 is 14.7 Å². The number of carbonyl (C=O) groups excluding carboxylic acids is 1. The zero-order valence-corrected chi connectivity index (χ0v) is 24.5. The Hall–Kier alpha value is -2.68. The Kier molecular flexibility index (Phi) is 12.0. The first-order valence-corrected chi connectivity index (χ1v) is 15.0. The fraction of sp³-hybridized carbons (Fsp3) is 0.607. The number of aliphatic carboxylic acids is 1. The van der Waals surface area contributed by atoms with Gasteiger partial charge in [-0.1, -0.05) is 62.5 Å². The summed E-state index contributed by atoms with van der Waals surface area (Å²) in [6.45, 7) is 6.95. The van der Waals surface area contributed by atoms with Gasteiger partial charge in [0.15, 0.2) is 0 Å². The third-order valence-electron chi connectivity index (χ3n) is 7.14. The van der Waals surface area contributed by atoms with Gasteiger partial charge in [-0.05, 0) is 38.3 Å². The number of nitriles is 1. The third kappa shape index (κ3) is 7.93. The normalized spacial score (nSPS) is 16.8. The van der Waals surface area contributed by atoms with Gasteiger partial charge in [0.25, 0.3) is 11.5 Å². The summed E-state index contributed by atoms with van der Waals surface area (Å²) in [5.74, 6) is -0.149. The van der Waals surface area contributed by atoms with Gasteiger partial charge in [-0.25, -0.2) is 0 Å². The van der Waals surface area contributed by atoms with Gasteiger partial charge in [-0.15, -0.1) is 0 Å². The summed E-state index contributed by atoms with van der Waals surface area (Å²) in [6.07, 6.45) is 9.91. The van der Waals surface area contributed by atoms with Crippen LogP contribution in [0.5, 0.6) is 0 Å². The number of carbonyl (C=O) groups is 2. The Bertz CT molecular complexity index is 1200. The first kappa shape index (κ1) is 30.9. The van der Waals surface area contributed by atoms with Crippen molar-refractivity contribution in [3.05, 3.63) is 31.9 Å². The first-order valence-electron chi connectivity index (χ1n) is 13.8. The lowest BCUT2D eigenvalue weighted by Gasteiger charge is -2.33. The van der Waals surface area contributed by atoms with Crippen molar-refractivity contribution < 1.29 is 19.4 Å². The number of hydrogen-bond acceptors (Lipinski definition) is 8. The van der Waals surface area contributed by atoms with Gasteiger partial charge in [0, 0.05) is 38.2 Å². The molecule has 2 aliphatic rings. The molecule has 9 nitrogen and oxygen atoms in total. The van der Waals surface area contributed by atoms with Gasteiger partial charge in [0.2, 0.25) is 0 Å². The molecule has 2 aliphatic heterocycles. The quantitative estimate of drug-likeness (QED) is 0.192. The number of carboxylic acids is 1. The zero-order chi connectivity index (χ0) is 28.4. The van der Waals surface area contributed by atoms with Gasteiger partial charge in [-0.3, -0.25) is 23.9 Å². The number of amides is 1. The molecule has 212 valence electrons. The summed E-state index contributed by atoms with van der Waals surface area (Å²) < 4.78 is 7.66. The molecule has 0 radical (unpaired) electrons. The van der Waals surface area contributed by atoms with Crippen LogP contribution < -0.4 is 10.5 Å². The third-order valence-corrected chi connectivity index (χ3v) is 8.52. The maximum absolute atomic E-state index is 13.3. The topological polar surface area (TPSA) is 116 Å². The Balaban J connectivity index is 1.68. The van der Waals surface area contributed by atoms with Crippen LogP contribution in [0.1, 0.15) is 81.4 Å². The van der Waals surface area contributed by atoms with Crippen LogP contribution in [0.3, 0.4) is 0 Å². The van der Waals surface area contributed by atoms with Crippen LogP contribution in [0, 0.1) is 18.3 Å². The molecule has 1 aromatic heterocycles. The van der Waals surface area contributed by atoms with Crippen molar-refractivity contribution in [1.82, 2.24) is 9.47 Å². The Labute approximate surface area is 239 Å². The van der Waals surface area contributed by atoms with Crippen molar-refractivity contribution in [2.45, 2.75) is 78.2 Å². The molecule has 1 N–H and O–H groups in total. The Morgan fingerprint density at radius 3 is 2.31 bits per heavy atom. The second-order valence-corrected chi connectivity index (χ2v) is 11.5. The summed E-state index contributed by atoms with van der Waals surface area (Å²) in [5.41, 5.74) is 1.06. The maximum Gasteiger partial charge on any atom is 0.303 e. The summed E-state index contributed by atoms with van der Waals surface area (Å²) in [6, 6.07) is 2.07. The highest BCUT2D eigenvalue weighted by Gasteiger charge is 2.33. The van der Waals surface area contributed by atoms with E-state index in [9.17, 15) is 19.6 Å². The van der Waals surface area contributed by atoms with Crippen LogP contribution in [-0.2, 0) is 20.9 Å². The largest absolute Gasteiger partial charge is 0.481 e. The highest BCUT2D eigenvalue weighted by Crippen LogP contribution is 2.36. The van der Waals surface area contributed by atoms with Crippen LogP contribution in [-0.4, -0.2) is 63.6 Å². The van der Waals surface area contributed by atoms with Crippen LogP contribution >= 0.6 is 24.0 Å². The number of aromatic nitrogens is 1. The predicted octanol–water partition coefficient (Wildman–Crippen LogP) is 4.68. The number of anilines is 1. The molecule has 2 saturated heterocycles. The van der Waals surface area contributed by atoms with E-state index in [0.29, 0.717) is 59.7 Å². The maximum atomic E-state index is 13.3. The molecule has 39 heavy (non-hydrogen) atoms. The van der Waals surface area contributed by atoms with Crippen molar-refractivity contribution in [2.24, 2.45) is 0 Å². The number of pyridine rings is 1. The van der Waals surface area contributed by atoms with Crippen molar-refractivity contribution in [1.29, 1.82) is 5.26 Å². The van der Waals surface area contributed by atoms with Gasteiger partial charge >= 0.3 is 5.97 Å². The van der Waals surface area contributed by atoms with Crippen molar-refractivity contribution in [2.75, 3.05) is 37.7 Å². The van der Waals surface area contributed by atoms with Gasteiger partial charge in [-0.2, -0.15) is 5.26 Å². The average molecular weight is 575 g/mol. The lowest BCUT2D eigenvalue weighted by atomic mass is 10.0. The molecule has 0 aliphatic carbocycles. The van der Waals surface area contributed by atoms with Gasteiger partial charge in [0.1, 0.15) is 21.8 Å². The number of unbranched alkanes of at least 4 members (excludes halogenated alkanes) is 7. The molecular formula is C28H38N4O5S2. The highest BCUT2D eigenvalue weighted by molar-refractivity contribution is 8.26. The number of thioether (sulfide) groups is 1. The lowest BCUT2D eigenvalue weighted by molar-refractivity contribution is -0.137. The van der Waals surface area contributed by atoms with E-state index in [1.54, 1.807) is 22.5 Å². The summed E-state index contributed by atoms with van der Waals surface area (Å²) in [5, 5.41) is 18.4. The number of rotatable bonds is 14. The molecule has 0 aromatic carbocycles. The lowest BCUT2D eigenvalue weighted by Crippen LogP contribution is -2.41. The molecule has 0 saturated carbocycles. The van der Waals surface area contributed by atoms with Crippen molar-refractivity contribution in [3.8, 4) is 6.07 Å². The second-order valence-electron chi connectivity index (χ2n) is 9.80. The highest BCUT2D eigenvalue weighted by atomic mass is 32.2. The number of thiocarbonyl (C=S) groups is 1.